The Labute approximate surface area is 146 Å². The molecule has 0 spiro atoms. The van der Waals surface area contributed by atoms with E-state index in [1.807, 2.05) is 41.5 Å². The first-order valence-electron chi connectivity index (χ1n) is 9.52. The Bertz CT molecular complexity index is 274. The van der Waals surface area contributed by atoms with Gasteiger partial charge in [-0.15, -0.1) is 0 Å². The largest absolute Gasteiger partial charge is 0.529 e. The highest BCUT2D eigenvalue weighted by Crippen LogP contribution is 2.20. The number of rotatable bonds is 14. The lowest BCUT2D eigenvalue weighted by molar-refractivity contribution is 0.0139. The molecule has 3 nitrogen and oxygen atoms in total. The molecular weight excluding hydrogens is 304 g/mol. The fourth-order valence-electron chi connectivity index (χ4n) is 2.46. The average molecular weight is 345 g/mol. The van der Waals surface area contributed by atoms with E-state index in [9.17, 15) is 0 Å². The summed E-state index contributed by atoms with van der Waals surface area (Å²) in [6.07, 6.45) is 11.5. The summed E-state index contributed by atoms with van der Waals surface area (Å²) in [5.74, 6) is 0. The second kappa shape index (κ2) is 13.2. The maximum atomic E-state index is 6.13. The SMILES string of the molecule is CCCCCCCCC=C[Si](OC(C)C)(OC(C)C)OC(C)C. The van der Waals surface area contributed by atoms with Crippen molar-refractivity contribution >= 4 is 8.80 Å². The van der Waals surface area contributed by atoms with Gasteiger partial charge in [-0.05, 0) is 60.1 Å². The van der Waals surface area contributed by atoms with Gasteiger partial charge in [-0.3, -0.25) is 0 Å². The van der Waals surface area contributed by atoms with Crippen molar-refractivity contribution < 1.29 is 13.3 Å². The van der Waals surface area contributed by atoms with Gasteiger partial charge in [0, 0.05) is 18.3 Å². The van der Waals surface area contributed by atoms with Gasteiger partial charge in [-0.1, -0.05) is 45.1 Å². The molecule has 0 radical (unpaired) electrons. The number of hydrogen-bond donors (Lipinski definition) is 0. The molecule has 0 aliphatic carbocycles. The molecule has 0 rings (SSSR count). The van der Waals surface area contributed by atoms with Crippen LogP contribution < -0.4 is 0 Å². The topological polar surface area (TPSA) is 27.7 Å². The number of unbranched alkanes of at least 4 members (excludes halogenated alkanes) is 6. The Balaban J connectivity index is 4.55. The Kier molecular flexibility index (Phi) is 13.1. The van der Waals surface area contributed by atoms with Gasteiger partial charge in [0.25, 0.3) is 0 Å². The van der Waals surface area contributed by atoms with Crippen molar-refractivity contribution in [1.29, 1.82) is 0 Å². The molecule has 0 aromatic heterocycles. The van der Waals surface area contributed by atoms with Crippen LogP contribution in [-0.4, -0.2) is 27.1 Å². The minimum atomic E-state index is -2.75. The van der Waals surface area contributed by atoms with E-state index in [1.54, 1.807) is 0 Å². The van der Waals surface area contributed by atoms with Gasteiger partial charge >= 0.3 is 8.80 Å². The third kappa shape index (κ3) is 12.9. The first kappa shape index (κ1) is 22.8. The van der Waals surface area contributed by atoms with Crippen LogP contribution in [0.1, 0.15) is 93.4 Å². The van der Waals surface area contributed by atoms with E-state index in [1.165, 1.54) is 38.5 Å². The molecule has 0 saturated carbocycles. The van der Waals surface area contributed by atoms with Crippen molar-refractivity contribution in [1.82, 2.24) is 0 Å². The van der Waals surface area contributed by atoms with Crippen molar-refractivity contribution in [3.05, 3.63) is 11.8 Å². The third-order valence-corrected chi connectivity index (χ3v) is 6.29. The summed E-state index contributed by atoms with van der Waals surface area (Å²) < 4.78 is 18.4. The highest BCUT2D eigenvalue weighted by Gasteiger charge is 2.41. The molecule has 0 N–H and O–H groups in total. The first-order valence-corrected chi connectivity index (χ1v) is 11.3. The van der Waals surface area contributed by atoms with Crippen LogP contribution in [-0.2, 0) is 13.3 Å². The van der Waals surface area contributed by atoms with E-state index in [2.05, 4.69) is 18.7 Å². The molecule has 0 unspecified atom stereocenters. The van der Waals surface area contributed by atoms with Crippen molar-refractivity contribution in [3.63, 3.8) is 0 Å². The van der Waals surface area contributed by atoms with Gasteiger partial charge in [0.1, 0.15) is 0 Å². The maximum absolute atomic E-state index is 6.13. The fourth-order valence-corrected chi connectivity index (χ4v) is 5.29. The van der Waals surface area contributed by atoms with Gasteiger partial charge in [0.05, 0.1) is 0 Å². The monoisotopic (exact) mass is 344 g/mol. The summed E-state index contributed by atoms with van der Waals surface area (Å²) in [5, 5.41) is 0. The van der Waals surface area contributed by atoms with Crippen LogP contribution in [0.2, 0.25) is 0 Å². The van der Waals surface area contributed by atoms with Crippen molar-refractivity contribution in [2.45, 2.75) is 112 Å². The Morgan fingerprint density at radius 1 is 0.696 bits per heavy atom. The second-order valence-electron chi connectivity index (χ2n) is 7.06. The van der Waals surface area contributed by atoms with Gasteiger partial charge in [0.15, 0.2) is 0 Å². The lowest BCUT2D eigenvalue weighted by Gasteiger charge is -2.32. The van der Waals surface area contributed by atoms with E-state index in [0.29, 0.717) is 0 Å². The lowest BCUT2D eigenvalue weighted by atomic mass is 10.1. The molecule has 0 saturated heterocycles. The molecule has 4 heteroatoms. The van der Waals surface area contributed by atoms with Gasteiger partial charge in [-0.2, -0.15) is 0 Å². The molecule has 0 aromatic rings. The van der Waals surface area contributed by atoms with Crippen molar-refractivity contribution in [2.75, 3.05) is 0 Å². The third-order valence-electron chi connectivity index (χ3n) is 3.25. The molecule has 0 atom stereocenters. The van der Waals surface area contributed by atoms with E-state index in [0.717, 1.165) is 6.42 Å². The Morgan fingerprint density at radius 3 is 1.57 bits per heavy atom. The van der Waals surface area contributed by atoms with Crippen LogP contribution in [0.5, 0.6) is 0 Å². The van der Waals surface area contributed by atoms with Crippen LogP contribution >= 0.6 is 0 Å². The molecule has 0 aliphatic rings. The lowest BCUT2D eigenvalue weighted by Crippen LogP contribution is -2.49. The standard InChI is InChI=1S/C19H40O3Si/c1-8-9-10-11-12-13-14-15-16-23(20-17(2)3,21-18(4)5)22-19(6)7/h15-19H,8-14H2,1-7H3. The maximum Gasteiger partial charge on any atom is 0.529 e. The smallest absolute Gasteiger partial charge is 0.368 e. The molecule has 0 aromatic carbocycles. The van der Waals surface area contributed by atoms with E-state index < -0.39 is 8.80 Å². The molecule has 23 heavy (non-hydrogen) atoms. The zero-order valence-electron chi connectivity index (χ0n) is 16.6. The van der Waals surface area contributed by atoms with E-state index in [4.69, 9.17) is 13.3 Å². The zero-order valence-corrected chi connectivity index (χ0v) is 17.6. The molecule has 138 valence electrons. The van der Waals surface area contributed by atoms with Crippen molar-refractivity contribution in [2.24, 2.45) is 0 Å². The summed E-state index contributed by atoms with van der Waals surface area (Å²) in [5.41, 5.74) is 2.10. The summed E-state index contributed by atoms with van der Waals surface area (Å²) in [6.45, 7) is 14.5. The summed E-state index contributed by atoms with van der Waals surface area (Å²) >= 11 is 0. The quantitative estimate of drug-likeness (QED) is 0.284. The minimum absolute atomic E-state index is 0.0952. The molecule has 0 amide bonds. The highest BCUT2D eigenvalue weighted by molar-refractivity contribution is 6.66. The minimum Gasteiger partial charge on any atom is -0.368 e. The van der Waals surface area contributed by atoms with Gasteiger partial charge < -0.3 is 13.3 Å². The molecule has 0 bridgehead atoms. The number of allylic oxidation sites excluding steroid dienone is 1. The van der Waals surface area contributed by atoms with E-state index in [-0.39, 0.29) is 18.3 Å². The van der Waals surface area contributed by atoms with Gasteiger partial charge in [-0.25, -0.2) is 0 Å². The van der Waals surface area contributed by atoms with Crippen molar-refractivity contribution in [3.8, 4) is 0 Å². The van der Waals surface area contributed by atoms with Crippen LogP contribution in [0.3, 0.4) is 0 Å². The molecule has 0 fully saturated rings. The summed E-state index contributed by atoms with van der Waals surface area (Å²) in [4.78, 5) is 0. The van der Waals surface area contributed by atoms with Gasteiger partial charge in [0.2, 0.25) is 0 Å². The predicted molar refractivity (Wildman–Crippen MR) is 102 cm³/mol. The fraction of sp³-hybridized carbons (Fsp3) is 0.895. The van der Waals surface area contributed by atoms with E-state index >= 15 is 0 Å². The Morgan fingerprint density at radius 2 is 1.13 bits per heavy atom. The molecular formula is C19H40O3Si. The predicted octanol–water partition coefficient (Wildman–Crippen LogP) is 6.05. The summed E-state index contributed by atoms with van der Waals surface area (Å²) in [6, 6.07) is 0. The average Bonchev–Trinajstić information content (AvgIpc) is 2.39. The van der Waals surface area contributed by atoms with Crippen LogP contribution in [0.15, 0.2) is 11.8 Å². The summed E-state index contributed by atoms with van der Waals surface area (Å²) in [7, 11) is -2.75. The second-order valence-corrected chi connectivity index (χ2v) is 9.31. The number of hydrogen-bond acceptors (Lipinski definition) is 3. The van der Waals surface area contributed by atoms with Crippen LogP contribution in [0.25, 0.3) is 0 Å². The Hall–Kier alpha value is -0.163. The zero-order chi connectivity index (χ0) is 17.7. The first-order chi connectivity index (χ1) is 10.8. The molecule has 0 heterocycles. The van der Waals surface area contributed by atoms with Crippen LogP contribution in [0.4, 0.5) is 0 Å². The van der Waals surface area contributed by atoms with Crippen LogP contribution in [0, 0.1) is 0 Å². The molecule has 0 aliphatic heterocycles. The highest BCUT2D eigenvalue weighted by atomic mass is 28.4. The normalized spacial score (nSPS) is 13.1.